The van der Waals surface area contributed by atoms with Gasteiger partial charge in [-0.1, -0.05) is 48.0 Å². The number of ketones is 1. The van der Waals surface area contributed by atoms with Crippen LogP contribution in [-0.4, -0.2) is 41.7 Å². The van der Waals surface area contributed by atoms with E-state index < -0.39 is 42.2 Å². The Bertz CT molecular complexity index is 1100. The molecule has 0 aromatic heterocycles. The summed E-state index contributed by atoms with van der Waals surface area (Å²) in [6, 6.07) is 11.9. The van der Waals surface area contributed by atoms with Crippen LogP contribution in [0.15, 0.2) is 60.3 Å². The molecule has 9 heteroatoms. The quantitative estimate of drug-likeness (QED) is 0.403. The van der Waals surface area contributed by atoms with Gasteiger partial charge in [0.15, 0.2) is 11.8 Å². The van der Waals surface area contributed by atoms with E-state index in [-0.39, 0.29) is 29.6 Å². The second-order valence-electron chi connectivity index (χ2n) is 7.80. The molecule has 1 unspecified atom stereocenters. The molecular formula is C24H24N3NaO5. The molecular weight excluding hydrogens is 433 g/mol. The van der Waals surface area contributed by atoms with Crippen LogP contribution in [0, 0.1) is 6.92 Å². The fourth-order valence-corrected chi connectivity index (χ4v) is 3.52. The van der Waals surface area contributed by atoms with E-state index in [1.807, 2.05) is 37.3 Å². The summed E-state index contributed by atoms with van der Waals surface area (Å²) in [7, 11) is 1.49. The number of carboxylic acid groups (broad SMARTS) is 1. The number of benzene rings is 2. The zero-order valence-electron chi connectivity index (χ0n) is 19.0. The minimum atomic E-state index is -1.37. The van der Waals surface area contributed by atoms with Crippen LogP contribution in [0.1, 0.15) is 30.5 Å². The van der Waals surface area contributed by atoms with Crippen molar-refractivity contribution in [3.63, 3.8) is 0 Å². The average molecular weight is 457 g/mol. The number of aryl methyl sites for hydroxylation is 1. The van der Waals surface area contributed by atoms with Crippen LogP contribution in [0.3, 0.4) is 0 Å². The summed E-state index contributed by atoms with van der Waals surface area (Å²) in [5.41, 5.74) is 3.79. The Balaban J connectivity index is 0.00000385. The summed E-state index contributed by atoms with van der Waals surface area (Å²) < 4.78 is 0. The molecule has 2 N–H and O–H groups in total. The molecule has 33 heavy (non-hydrogen) atoms. The molecule has 1 aliphatic rings. The van der Waals surface area contributed by atoms with Crippen molar-refractivity contribution in [1.29, 1.82) is 0 Å². The smallest absolute Gasteiger partial charge is 0.550 e. The number of likely N-dealkylation sites (N-methyl/N-ethyl adjacent to an activating group) is 1. The fraction of sp³-hybridized carbons (Fsp3) is 0.250. The topological polar surface area (TPSA) is 119 Å². The number of carbonyl (C=O) groups is 4. The number of urea groups is 1. The van der Waals surface area contributed by atoms with Gasteiger partial charge >= 0.3 is 35.6 Å². The van der Waals surface area contributed by atoms with Gasteiger partial charge in [-0.25, -0.2) is 4.79 Å². The zero-order valence-corrected chi connectivity index (χ0v) is 21.0. The molecule has 3 amide bonds. The van der Waals surface area contributed by atoms with Crippen molar-refractivity contribution < 1.29 is 53.8 Å². The summed E-state index contributed by atoms with van der Waals surface area (Å²) in [6.07, 6.45) is 0.923. The molecule has 0 aliphatic carbocycles. The normalized spacial score (nSPS) is 16.4. The first-order valence-corrected chi connectivity index (χ1v) is 10.1. The number of nitrogens with zero attached hydrogens (tertiary/aromatic N) is 1. The Kier molecular flexibility index (Phi) is 8.99. The van der Waals surface area contributed by atoms with Crippen LogP contribution in [0.4, 0.5) is 4.79 Å². The van der Waals surface area contributed by atoms with Gasteiger partial charge in [0.05, 0.1) is 6.04 Å². The van der Waals surface area contributed by atoms with Gasteiger partial charge in [-0.2, -0.15) is 0 Å². The standard InChI is InChI=1S/C24H25N3O5.Na/c1-14-7-9-16(10-8-14)17-5-4-6-18(11-17)19(12-20(28)29)25-24(32)26-21-22(30)15(2)13-27(3)23(21)31;/h4-11,13,19,21H,12H2,1-3H3,(H,28,29)(H2,25,26,32);/q;+1/p-1/t19-,21?;/m0./s1. The van der Waals surface area contributed by atoms with Gasteiger partial charge in [-0.05, 0) is 36.6 Å². The largest absolute Gasteiger partial charge is 1.00 e. The van der Waals surface area contributed by atoms with Crippen molar-refractivity contribution in [2.45, 2.75) is 32.4 Å². The molecule has 2 atom stereocenters. The second-order valence-corrected chi connectivity index (χ2v) is 7.80. The van der Waals surface area contributed by atoms with Crippen LogP contribution >= 0.6 is 0 Å². The summed E-state index contributed by atoms with van der Waals surface area (Å²) >= 11 is 0. The number of rotatable bonds is 6. The molecule has 0 saturated heterocycles. The molecule has 2 aromatic rings. The van der Waals surface area contributed by atoms with Crippen LogP contribution in [0.5, 0.6) is 0 Å². The average Bonchev–Trinajstić information content (AvgIpc) is 2.75. The van der Waals surface area contributed by atoms with Crippen LogP contribution in [0.25, 0.3) is 11.1 Å². The number of hydrogen-bond donors (Lipinski definition) is 2. The first kappa shape index (κ1) is 26.3. The number of hydrogen-bond acceptors (Lipinski definition) is 5. The number of aliphatic carboxylic acids is 1. The van der Waals surface area contributed by atoms with Crippen LogP contribution < -0.4 is 45.3 Å². The maximum atomic E-state index is 12.6. The molecule has 0 fully saturated rings. The van der Waals surface area contributed by atoms with Crippen LogP contribution in [-0.2, 0) is 14.4 Å². The minimum absolute atomic E-state index is 0. The van der Waals surface area contributed by atoms with Crippen molar-refractivity contribution >= 4 is 23.7 Å². The van der Waals surface area contributed by atoms with Gasteiger partial charge in [0.1, 0.15) is 0 Å². The van der Waals surface area contributed by atoms with E-state index in [1.165, 1.54) is 18.1 Å². The first-order chi connectivity index (χ1) is 15.2. The summed E-state index contributed by atoms with van der Waals surface area (Å²) in [4.78, 5) is 49.8. The van der Waals surface area contributed by atoms with E-state index in [0.29, 0.717) is 11.1 Å². The van der Waals surface area contributed by atoms with Gasteiger partial charge in [0, 0.05) is 31.2 Å². The molecule has 0 bridgehead atoms. The van der Waals surface area contributed by atoms with Crippen molar-refractivity contribution in [2.75, 3.05) is 7.05 Å². The minimum Gasteiger partial charge on any atom is -0.550 e. The third kappa shape index (κ3) is 6.54. The van der Waals surface area contributed by atoms with Gasteiger partial charge in [0.2, 0.25) is 0 Å². The molecule has 0 saturated carbocycles. The van der Waals surface area contributed by atoms with Gasteiger partial charge < -0.3 is 25.4 Å². The third-order valence-electron chi connectivity index (χ3n) is 5.26. The van der Waals surface area contributed by atoms with E-state index in [9.17, 15) is 24.3 Å². The Morgan fingerprint density at radius 3 is 2.36 bits per heavy atom. The molecule has 2 aromatic carbocycles. The van der Waals surface area contributed by atoms with E-state index in [2.05, 4.69) is 10.6 Å². The molecule has 166 valence electrons. The summed E-state index contributed by atoms with van der Waals surface area (Å²) in [6.45, 7) is 3.53. The second kappa shape index (κ2) is 11.3. The number of carbonyl (C=O) groups excluding carboxylic acids is 4. The maximum Gasteiger partial charge on any atom is 1.00 e. The van der Waals surface area contributed by atoms with Crippen LogP contribution in [0.2, 0.25) is 0 Å². The van der Waals surface area contributed by atoms with Gasteiger partial charge in [0.25, 0.3) is 5.91 Å². The maximum absolute atomic E-state index is 12.6. The van der Waals surface area contributed by atoms with Gasteiger partial charge in [-0.15, -0.1) is 0 Å². The molecule has 8 nitrogen and oxygen atoms in total. The third-order valence-corrected chi connectivity index (χ3v) is 5.26. The molecule has 0 spiro atoms. The predicted octanol–water partition coefficient (Wildman–Crippen LogP) is -1.54. The van der Waals surface area contributed by atoms with E-state index in [0.717, 1.165) is 16.7 Å². The number of nitrogens with one attached hydrogen (secondary N) is 2. The van der Waals surface area contributed by atoms with Crippen molar-refractivity contribution in [1.82, 2.24) is 15.5 Å². The summed E-state index contributed by atoms with van der Waals surface area (Å²) in [5.74, 6) is -2.44. The Hall–Kier alpha value is -2.94. The zero-order chi connectivity index (χ0) is 23.4. The first-order valence-electron chi connectivity index (χ1n) is 10.1. The SMILES string of the molecule is CC1=CN(C)C(=O)C(NC(=O)N[C@@H](CC(=O)[O-])c2cccc(-c3ccc(C)cc3)c2)C1=O.[Na+]. The van der Waals surface area contributed by atoms with Crippen molar-refractivity contribution in [3.05, 3.63) is 71.4 Å². The predicted molar refractivity (Wildman–Crippen MR) is 116 cm³/mol. The molecule has 3 rings (SSSR count). The van der Waals surface area contributed by atoms with Crippen molar-refractivity contribution in [2.24, 2.45) is 0 Å². The molecule has 1 heterocycles. The van der Waals surface area contributed by atoms with Gasteiger partial charge in [-0.3, -0.25) is 9.59 Å². The van der Waals surface area contributed by atoms with E-state index >= 15 is 0 Å². The van der Waals surface area contributed by atoms with Crippen molar-refractivity contribution in [3.8, 4) is 11.1 Å². The fourth-order valence-electron chi connectivity index (χ4n) is 3.52. The number of carboxylic acids is 1. The molecule has 1 aliphatic heterocycles. The molecule has 0 radical (unpaired) electrons. The van der Waals surface area contributed by atoms with E-state index in [1.54, 1.807) is 25.1 Å². The Morgan fingerprint density at radius 1 is 1.06 bits per heavy atom. The Labute approximate surface area is 214 Å². The number of amides is 3. The monoisotopic (exact) mass is 457 g/mol. The Morgan fingerprint density at radius 2 is 1.73 bits per heavy atom. The summed E-state index contributed by atoms with van der Waals surface area (Å²) in [5, 5.41) is 16.2. The van der Waals surface area contributed by atoms with E-state index in [4.69, 9.17) is 0 Å². The number of Topliss-reactive ketones (excluding diaryl/α,β-unsaturated/α-hetero) is 1.